The van der Waals surface area contributed by atoms with Crippen LogP contribution < -0.4 is 9.47 Å². The van der Waals surface area contributed by atoms with E-state index in [1.165, 1.54) is 0 Å². The van der Waals surface area contributed by atoms with Gasteiger partial charge in [-0.3, -0.25) is 0 Å². The van der Waals surface area contributed by atoms with Crippen molar-refractivity contribution in [3.05, 3.63) is 77.5 Å². The lowest BCUT2D eigenvalue weighted by Crippen LogP contribution is -2.16. The molecule has 7 heteroatoms. The number of carbonyl (C=O) groups is 1. The first-order chi connectivity index (χ1) is 15.5. The van der Waals surface area contributed by atoms with E-state index in [4.69, 9.17) is 29.6 Å². The molecule has 0 aliphatic carbocycles. The first-order valence-electron chi connectivity index (χ1n) is 10.2. The van der Waals surface area contributed by atoms with E-state index in [1.54, 1.807) is 30.3 Å². The maximum absolute atomic E-state index is 10.7. The Morgan fingerprint density at radius 1 is 1.16 bits per heavy atom. The van der Waals surface area contributed by atoms with E-state index in [1.807, 2.05) is 44.2 Å². The minimum absolute atomic E-state index is 0.316. The normalized spacial score (nSPS) is 11.4. The van der Waals surface area contributed by atoms with Crippen LogP contribution in [0.1, 0.15) is 29.8 Å². The van der Waals surface area contributed by atoms with Gasteiger partial charge in [-0.2, -0.15) is 5.26 Å². The van der Waals surface area contributed by atoms with Crippen molar-refractivity contribution >= 4 is 5.97 Å². The summed E-state index contributed by atoms with van der Waals surface area (Å²) in [5, 5.41) is 17.8. The molecule has 0 bridgehead atoms. The average molecular weight is 432 g/mol. The van der Waals surface area contributed by atoms with Crippen LogP contribution in [0.5, 0.6) is 11.5 Å². The smallest absolute Gasteiger partial charge is 0.341 e. The summed E-state index contributed by atoms with van der Waals surface area (Å²) in [6.07, 6.45) is -0.446. The van der Waals surface area contributed by atoms with Crippen molar-refractivity contribution in [1.29, 1.82) is 5.26 Å². The number of rotatable bonds is 10. The second-order valence-electron chi connectivity index (χ2n) is 7.01. The fraction of sp³-hybridized carbons (Fsp3) is 0.240. The highest BCUT2D eigenvalue weighted by Gasteiger charge is 2.17. The molecule has 1 atom stereocenters. The maximum Gasteiger partial charge on any atom is 0.341 e. The Kier molecular flexibility index (Phi) is 7.79. The van der Waals surface area contributed by atoms with Gasteiger partial charge in [0.1, 0.15) is 11.5 Å². The van der Waals surface area contributed by atoms with Crippen LogP contribution in [-0.4, -0.2) is 35.9 Å². The van der Waals surface area contributed by atoms with Crippen LogP contribution in [0.3, 0.4) is 0 Å². The zero-order valence-corrected chi connectivity index (χ0v) is 17.9. The van der Waals surface area contributed by atoms with Gasteiger partial charge in [0.05, 0.1) is 29.6 Å². The minimum Gasteiger partial charge on any atom is -0.482 e. The molecule has 32 heavy (non-hydrogen) atoms. The molecule has 1 N–H and O–H groups in total. The minimum atomic E-state index is -1.03. The number of nitrogens with zero attached hydrogens (tertiary/aromatic N) is 2. The van der Waals surface area contributed by atoms with Crippen molar-refractivity contribution in [1.82, 2.24) is 4.98 Å². The van der Waals surface area contributed by atoms with E-state index < -0.39 is 18.7 Å². The third-order valence-corrected chi connectivity index (χ3v) is 4.66. The lowest BCUT2D eigenvalue weighted by molar-refractivity contribution is -0.139. The number of hydrogen-bond donors (Lipinski definition) is 1. The predicted octanol–water partition coefficient (Wildman–Crippen LogP) is 4.55. The fourth-order valence-electron chi connectivity index (χ4n) is 3.07. The quantitative estimate of drug-likeness (QED) is 0.501. The molecule has 0 aliphatic heterocycles. The zero-order valence-electron chi connectivity index (χ0n) is 17.9. The van der Waals surface area contributed by atoms with Gasteiger partial charge < -0.3 is 19.3 Å². The zero-order chi connectivity index (χ0) is 22.9. The monoisotopic (exact) mass is 432 g/mol. The molecule has 0 fully saturated rings. The van der Waals surface area contributed by atoms with Gasteiger partial charge in [-0.25, -0.2) is 9.78 Å². The number of benzene rings is 2. The van der Waals surface area contributed by atoms with Crippen molar-refractivity contribution in [3.8, 4) is 28.8 Å². The second-order valence-corrected chi connectivity index (χ2v) is 7.01. The molecule has 0 amide bonds. The van der Waals surface area contributed by atoms with E-state index in [0.717, 1.165) is 16.8 Å². The van der Waals surface area contributed by atoms with Gasteiger partial charge >= 0.3 is 5.97 Å². The Hall–Kier alpha value is -3.89. The van der Waals surface area contributed by atoms with E-state index in [0.29, 0.717) is 36.0 Å². The fourth-order valence-corrected chi connectivity index (χ4v) is 3.07. The number of hydrogen-bond acceptors (Lipinski definition) is 6. The van der Waals surface area contributed by atoms with Gasteiger partial charge in [0.2, 0.25) is 0 Å². The number of aromatic nitrogens is 1. The number of ether oxygens (including phenoxy) is 3. The number of aliphatic carboxylic acids is 1. The highest BCUT2D eigenvalue weighted by atomic mass is 16.5. The largest absolute Gasteiger partial charge is 0.482 e. The topological polar surface area (TPSA) is 102 Å². The third-order valence-electron chi connectivity index (χ3n) is 4.66. The molecule has 0 radical (unpaired) electrons. The van der Waals surface area contributed by atoms with E-state index in [2.05, 4.69) is 6.07 Å². The average Bonchev–Trinajstić information content (AvgIpc) is 2.81. The van der Waals surface area contributed by atoms with Gasteiger partial charge in [-0.05, 0) is 61.9 Å². The molecule has 0 aliphatic rings. The van der Waals surface area contributed by atoms with Crippen molar-refractivity contribution in [2.75, 3.05) is 19.8 Å². The highest BCUT2D eigenvalue weighted by molar-refractivity contribution is 5.68. The van der Waals surface area contributed by atoms with Gasteiger partial charge in [-0.15, -0.1) is 0 Å². The number of nitriles is 1. The van der Waals surface area contributed by atoms with Gasteiger partial charge in [0, 0.05) is 12.2 Å². The molecule has 164 valence electrons. The summed E-state index contributed by atoms with van der Waals surface area (Å²) in [4.78, 5) is 15.5. The molecule has 3 rings (SSSR count). The van der Waals surface area contributed by atoms with Gasteiger partial charge in [0.25, 0.3) is 0 Å². The van der Waals surface area contributed by atoms with Crippen LogP contribution in [0.15, 0.2) is 60.7 Å². The third kappa shape index (κ3) is 6.06. The van der Waals surface area contributed by atoms with Crippen LogP contribution in [-0.2, 0) is 9.53 Å². The summed E-state index contributed by atoms with van der Waals surface area (Å²) in [6.45, 7) is 4.19. The van der Waals surface area contributed by atoms with Gasteiger partial charge in [-0.1, -0.05) is 18.2 Å². The van der Waals surface area contributed by atoms with Crippen molar-refractivity contribution in [3.63, 3.8) is 0 Å². The Morgan fingerprint density at radius 3 is 2.59 bits per heavy atom. The second kappa shape index (κ2) is 10.9. The molecule has 3 aromatic rings. The summed E-state index contributed by atoms with van der Waals surface area (Å²) < 4.78 is 17.1. The predicted molar refractivity (Wildman–Crippen MR) is 119 cm³/mol. The first kappa shape index (κ1) is 22.8. The van der Waals surface area contributed by atoms with Crippen LogP contribution >= 0.6 is 0 Å². The summed E-state index contributed by atoms with van der Waals surface area (Å²) in [5.74, 6) is 0.0530. The van der Waals surface area contributed by atoms with E-state index in [-0.39, 0.29) is 0 Å². The van der Waals surface area contributed by atoms with E-state index in [9.17, 15) is 4.79 Å². The number of carboxylic acid groups (broad SMARTS) is 1. The highest BCUT2D eigenvalue weighted by Crippen LogP contribution is 2.28. The Balaban J connectivity index is 1.83. The molecule has 0 unspecified atom stereocenters. The van der Waals surface area contributed by atoms with Crippen molar-refractivity contribution in [2.45, 2.75) is 20.0 Å². The molecule has 1 heterocycles. The van der Waals surface area contributed by atoms with E-state index >= 15 is 0 Å². The summed E-state index contributed by atoms with van der Waals surface area (Å²) in [6, 6.07) is 20.3. The van der Waals surface area contributed by atoms with Crippen LogP contribution in [0, 0.1) is 18.3 Å². The molecule has 0 spiro atoms. The molecule has 0 saturated carbocycles. The molecular formula is C25H24N2O5. The number of carboxylic acids is 1. The number of aryl methyl sites for hydroxylation is 1. The Labute approximate surface area is 186 Å². The van der Waals surface area contributed by atoms with Crippen LogP contribution in [0.4, 0.5) is 0 Å². The SMILES string of the molecule is CCOC[C@H](Oc1ccc(OCC(=O)O)c(C)c1)c1cccc(-c2ccc(C#N)cc2)n1. The molecule has 2 aromatic carbocycles. The lowest BCUT2D eigenvalue weighted by atomic mass is 10.1. The maximum atomic E-state index is 10.7. The van der Waals surface area contributed by atoms with Crippen LogP contribution in [0.25, 0.3) is 11.3 Å². The molecule has 1 aromatic heterocycles. The Bertz CT molecular complexity index is 1110. The summed E-state index contributed by atoms with van der Waals surface area (Å²) in [5.41, 5.74) is 3.73. The summed E-state index contributed by atoms with van der Waals surface area (Å²) >= 11 is 0. The van der Waals surface area contributed by atoms with Crippen molar-refractivity contribution in [2.24, 2.45) is 0 Å². The lowest BCUT2D eigenvalue weighted by Gasteiger charge is -2.20. The van der Waals surface area contributed by atoms with Crippen molar-refractivity contribution < 1.29 is 24.1 Å². The molecule has 0 saturated heterocycles. The first-order valence-corrected chi connectivity index (χ1v) is 10.2. The van der Waals surface area contributed by atoms with Crippen LogP contribution in [0.2, 0.25) is 0 Å². The van der Waals surface area contributed by atoms with Gasteiger partial charge in [0.15, 0.2) is 12.7 Å². The Morgan fingerprint density at radius 2 is 1.94 bits per heavy atom. The molecular weight excluding hydrogens is 408 g/mol. The summed E-state index contributed by atoms with van der Waals surface area (Å²) in [7, 11) is 0. The molecule has 7 nitrogen and oxygen atoms in total. The standard InChI is InChI=1S/C25H24N2O5/c1-3-30-15-24(32-20-11-12-23(17(2)13-20)31-16-25(28)29)22-6-4-5-21(27-22)19-9-7-18(14-26)8-10-19/h4-13,24H,3,15-16H2,1-2H3,(H,28,29)/t24-/m0/s1. The number of pyridine rings is 1.